The van der Waals surface area contributed by atoms with Gasteiger partial charge in [0.15, 0.2) is 0 Å². The topological polar surface area (TPSA) is 153 Å². The van der Waals surface area contributed by atoms with Crippen molar-refractivity contribution >= 4 is 15.7 Å². The highest BCUT2D eigenvalue weighted by Crippen LogP contribution is 2.26. The number of aromatic nitrogens is 8. The van der Waals surface area contributed by atoms with Gasteiger partial charge in [-0.3, -0.25) is 9.29 Å². The fourth-order valence-corrected chi connectivity index (χ4v) is 4.45. The van der Waals surface area contributed by atoms with E-state index >= 15 is 0 Å². The van der Waals surface area contributed by atoms with Crippen molar-refractivity contribution in [1.29, 1.82) is 0 Å². The summed E-state index contributed by atoms with van der Waals surface area (Å²) in [6, 6.07) is 11.2. The van der Waals surface area contributed by atoms with Crippen molar-refractivity contribution in [1.82, 2.24) is 40.1 Å². The van der Waals surface area contributed by atoms with E-state index in [-0.39, 0.29) is 22.0 Å². The van der Waals surface area contributed by atoms with Crippen molar-refractivity contribution in [3.63, 3.8) is 0 Å². The zero-order valence-electron chi connectivity index (χ0n) is 18.9. The molecule has 0 aliphatic carbocycles. The summed E-state index contributed by atoms with van der Waals surface area (Å²) < 4.78 is 50.0. The van der Waals surface area contributed by atoms with Crippen LogP contribution in [0.4, 0.5) is 10.1 Å². The van der Waals surface area contributed by atoms with Gasteiger partial charge in [0, 0.05) is 24.1 Å². The molecule has 12 nitrogen and oxygen atoms in total. The Bertz CT molecular complexity index is 1640. The zero-order chi connectivity index (χ0) is 25.3. The third-order valence-corrected chi connectivity index (χ3v) is 6.42. The summed E-state index contributed by atoms with van der Waals surface area (Å²) in [4.78, 5) is 12.7. The van der Waals surface area contributed by atoms with Crippen LogP contribution in [0.15, 0.2) is 65.8 Å². The number of tetrazole rings is 1. The largest absolute Gasteiger partial charge is 0.439 e. The molecule has 0 amide bonds. The van der Waals surface area contributed by atoms with Crippen LogP contribution < -0.4 is 9.46 Å². The number of rotatable bonds is 7. The summed E-state index contributed by atoms with van der Waals surface area (Å²) in [5.74, 6) is 1.90. The summed E-state index contributed by atoms with van der Waals surface area (Å²) in [5.41, 5.74) is 0.183. The van der Waals surface area contributed by atoms with Gasteiger partial charge in [-0.15, -0.1) is 10.2 Å². The lowest BCUT2D eigenvalue weighted by Crippen LogP contribution is -2.13. The highest BCUT2D eigenvalue weighted by molar-refractivity contribution is 7.92. The van der Waals surface area contributed by atoms with Crippen LogP contribution in [-0.2, 0) is 10.0 Å². The molecule has 182 valence electrons. The van der Waals surface area contributed by atoms with Crippen molar-refractivity contribution in [2.45, 2.75) is 18.7 Å². The molecule has 0 aliphatic heterocycles. The lowest BCUT2D eigenvalue weighted by molar-refractivity contribution is 0.459. The van der Waals surface area contributed by atoms with Gasteiger partial charge in [0.05, 0.1) is 10.5 Å². The van der Waals surface area contributed by atoms with Crippen molar-refractivity contribution < 1.29 is 17.5 Å². The maximum Gasteiger partial charge on any atom is 0.261 e. The number of ether oxygens (including phenoxy) is 1. The number of anilines is 1. The molecule has 0 radical (unpaired) electrons. The molecule has 2 aromatic carbocycles. The van der Waals surface area contributed by atoms with Crippen LogP contribution in [0.1, 0.15) is 11.6 Å². The summed E-state index contributed by atoms with van der Waals surface area (Å²) >= 11 is 0. The molecule has 0 atom stereocenters. The Balaban J connectivity index is 1.34. The highest BCUT2D eigenvalue weighted by Gasteiger charge is 2.19. The smallest absolute Gasteiger partial charge is 0.261 e. The van der Waals surface area contributed by atoms with Gasteiger partial charge >= 0.3 is 0 Å². The number of benzene rings is 2. The number of nitrogens with zero attached hydrogens (tertiary/aromatic N) is 7. The first-order chi connectivity index (χ1) is 17.3. The van der Waals surface area contributed by atoms with Crippen LogP contribution in [0.25, 0.3) is 17.2 Å². The summed E-state index contributed by atoms with van der Waals surface area (Å²) in [6.07, 6.45) is 3.46. The molecule has 0 aliphatic rings. The van der Waals surface area contributed by atoms with E-state index in [0.29, 0.717) is 23.3 Å². The minimum atomic E-state index is -4.03. The van der Waals surface area contributed by atoms with Crippen LogP contribution in [0.2, 0.25) is 0 Å². The molecule has 0 saturated carbocycles. The Hall–Kier alpha value is -4.72. The van der Waals surface area contributed by atoms with Crippen LogP contribution in [-0.4, -0.2) is 48.6 Å². The third-order valence-electron chi connectivity index (χ3n) is 5.04. The Labute approximate surface area is 204 Å². The third kappa shape index (κ3) is 4.74. The molecule has 5 rings (SSSR count). The van der Waals surface area contributed by atoms with Crippen LogP contribution in [0.5, 0.6) is 11.6 Å². The minimum absolute atomic E-state index is 0.0580. The number of sulfonamides is 1. The molecule has 14 heteroatoms. The van der Waals surface area contributed by atoms with Crippen molar-refractivity contribution in [2.24, 2.45) is 0 Å². The Morgan fingerprint density at radius 3 is 2.56 bits per heavy atom. The number of imidazole rings is 1. The van der Waals surface area contributed by atoms with Gasteiger partial charge in [-0.25, -0.2) is 22.8 Å². The second-order valence-electron chi connectivity index (χ2n) is 7.57. The van der Waals surface area contributed by atoms with Gasteiger partial charge in [0.25, 0.3) is 10.0 Å². The fourth-order valence-electron chi connectivity index (χ4n) is 3.37. The molecule has 0 bridgehead atoms. The van der Waals surface area contributed by atoms with Crippen LogP contribution in [0.3, 0.4) is 0 Å². The lowest BCUT2D eigenvalue weighted by atomic mass is 10.2. The average molecular weight is 508 g/mol. The van der Waals surface area contributed by atoms with Gasteiger partial charge < -0.3 is 4.74 Å². The number of hydrogen-bond donors (Lipinski definition) is 2. The molecule has 2 N–H and O–H groups in total. The van der Waals surface area contributed by atoms with E-state index in [1.807, 2.05) is 6.92 Å². The van der Waals surface area contributed by atoms with E-state index in [0.717, 1.165) is 24.0 Å². The first kappa shape index (κ1) is 23.0. The van der Waals surface area contributed by atoms with Gasteiger partial charge in [-0.2, -0.15) is 10.2 Å². The summed E-state index contributed by atoms with van der Waals surface area (Å²) in [5, 5.41) is 13.0. The van der Waals surface area contributed by atoms with E-state index in [1.54, 1.807) is 42.1 Å². The van der Waals surface area contributed by atoms with Crippen LogP contribution in [0, 0.1) is 19.7 Å². The van der Waals surface area contributed by atoms with E-state index in [2.05, 4.69) is 40.3 Å². The summed E-state index contributed by atoms with van der Waals surface area (Å²) in [7, 11) is -4.03. The molecule has 0 fully saturated rings. The number of aromatic amines is 1. The second kappa shape index (κ2) is 9.14. The van der Waals surface area contributed by atoms with Crippen molar-refractivity contribution in [3.05, 3.63) is 78.4 Å². The van der Waals surface area contributed by atoms with E-state index in [9.17, 15) is 12.8 Å². The Morgan fingerprint density at radius 1 is 1.06 bits per heavy atom. The van der Waals surface area contributed by atoms with Gasteiger partial charge in [-0.1, -0.05) is 0 Å². The number of aryl methyl sites for hydroxylation is 2. The quantitative estimate of drug-likeness (QED) is 0.338. The molecule has 0 spiro atoms. The molecule has 36 heavy (non-hydrogen) atoms. The normalized spacial score (nSPS) is 11.4. The van der Waals surface area contributed by atoms with E-state index < -0.39 is 15.8 Å². The first-order valence-electron chi connectivity index (χ1n) is 10.5. The van der Waals surface area contributed by atoms with Crippen molar-refractivity contribution in [2.75, 3.05) is 4.72 Å². The molecule has 3 aromatic heterocycles. The molecule has 5 aromatic rings. The van der Waals surface area contributed by atoms with Crippen molar-refractivity contribution in [3.8, 4) is 28.8 Å². The van der Waals surface area contributed by atoms with Crippen LogP contribution >= 0.6 is 0 Å². The second-order valence-corrected chi connectivity index (χ2v) is 9.25. The number of halogens is 1. The van der Waals surface area contributed by atoms with Gasteiger partial charge in [0.2, 0.25) is 11.7 Å². The predicted molar refractivity (Wildman–Crippen MR) is 126 cm³/mol. The van der Waals surface area contributed by atoms with Gasteiger partial charge in [-0.05, 0) is 61.5 Å². The molecular weight excluding hydrogens is 489 g/mol. The molecule has 3 heterocycles. The standard InChI is InChI=1S/C22H18FN9O3S/c1-13-25-20(32-10-9-24-14(32)2)12-21(26-13)35-16-5-3-15(4-6-16)29-36(33,34)17-7-8-19(23)18(11-17)22-27-30-31-28-22/h3-12,29H,1-2H3,(H,27,28,30,31). The SMILES string of the molecule is Cc1nc(Oc2ccc(NS(=O)(=O)c3ccc(F)c(-c4nn[nH]n4)c3)cc2)cc(-n2ccnc2C)n1. The molecular formula is C22H18FN9O3S. The van der Waals surface area contributed by atoms with Gasteiger partial charge in [0.1, 0.15) is 29.0 Å². The fraction of sp³-hybridized carbons (Fsp3) is 0.0909. The molecule has 0 unspecified atom stereocenters. The summed E-state index contributed by atoms with van der Waals surface area (Å²) in [6.45, 7) is 3.61. The number of hydrogen-bond acceptors (Lipinski definition) is 9. The maximum absolute atomic E-state index is 14.2. The zero-order valence-corrected chi connectivity index (χ0v) is 19.7. The average Bonchev–Trinajstić information content (AvgIpc) is 3.52. The number of nitrogens with one attached hydrogen (secondary N) is 2. The lowest BCUT2D eigenvalue weighted by Gasteiger charge is -2.11. The molecule has 0 saturated heterocycles. The van der Waals surface area contributed by atoms with E-state index in [4.69, 9.17) is 4.74 Å². The van der Waals surface area contributed by atoms with E-state index in [1.165, 1.54) is 12.1 Å². The number of H-pyrrole nitrogens is 1. The first-order valence-corrected chi connectivity index (χ1v) is 12.0. The highest BCUT2D eigenvalue weighted by atomic mass is 32.2. The predicted octanol–water partition coefficient (Wildman–Crippen LogP) is 3.19. The Morgan fingerprint density at radius 2 is 1.86 bits per heavy atom. The monoisotopic (exact) mass is 507 g/mol. The minimum Gasteiger partial charge on any atom is -0.439 e. The maximum atomic E-state index is 14.2. The Kier molecular flexibility index (Phi) is 5.85.